The molecule has 0 atom stereocenters. The number of hydrogen-bond donors (Lipinski definition) is 2. The maximum absolute atomic E-state index is 10.1. The summed E-state index contributed by atoms with van der Waals surface area (Å²) < 4.78 is 5.56. The molecule has 4 aromatic rings. The number of nitriles is 1. The minimum atomic E-state index is -0.597. The van der Waals surface area contributed by atoms with Crippen LogP contribution in [0.15, 0.2) is 59.4 Å². The van der Waals surface area contributed by atoms with Gasteiger partial charge in [-0.05, 0) is 57.1 Å². The second kappa shape index (κ2) is 8.45. The smallest absolute Gasteiger partial charge is 0.187 e. The second-order valence-corrected chi connectivity index (χ2v) is 8.16. The van der Waals surface area contributed by atoms with Gasteiger partial charge in [-0.25, -0.2) is 4.98 Å². The number of nitrogens with zero attached hydrogens (tertiary/aromatic N) is 5. The van der Waals surface area contributed by atoms with Crippen molar-refractivity contribution in [3.8, 4) is 45.8 Å². The van der Waals surface area contributed by atoms with Crippen LogP contribution in [0.3, 0.4) is 0 Å². The second-order valence-electron chi connectivity index (χ2n) is 8.16. The molecule has 0 bridgehead atoms. The first-order chi connectivity index (χ1) is 16.1. The van der Waals surface area contributed by atoms with Gasteiger partial charge in [0.15, 0.2) is 5.76 Å². The van der Waals surface area contributed by atoms with E-state index in [0.717, 1.165) is 37.2 Å². The zero-order valence-corrected chi connectivity index (χ0v) is 18.1. The third-order valence-electron chi connectivity index (χ3n) is 6.10. The van der Waals surface area contributed by atoms with Crippen LogP contribution < -0.4 is 5.32 Å². The van der Waals surface area contributed by atoms with Crippen molar-refractivity contribution in [2.24, 2.45) is 0 Å². The van der Waals surface area contributed by atoms with Crippen LogP contribution in [-0.2, 0) is 5.41 Å². The molecule has 4 heterocycles. The number of aryl methyl sites for hydroxylation is 1. The van der Waals surface area contributed by atoms with Crippen molar-refractivity contribution in [1.29, 1.82) is 5.26 Å². The predicted molar refractivity (Wildman–Crippen MR) is 122 cm³/mol. The van der Waals surface area contributed by atoms with Crippen molar-refractivity contribution in [2.45, 2.75) is 25.2 Å². The molecule has 8 heteroatoms. The first-order valence-corrected chi connectivity index (χ1v) is 10.8. The molecule has 0 unspecified atom stereocenters. The minimum absolute atomic E-state index is 0.127. The number of nitrogens with one attached hydrogen (secondary N) is 1. The maximum Gasteiger partial charge on any atom is 0.187 e. The van der Waals surface area contributed by atoms with Gasteiger partial charge in [-0.2, -0.15) is 5.26 Å². The number of rotatable bonds is 4. The highest BCUT2D eigenvalue weighted by Crippen LogP contribution is 2.35. The van der Waals surface area contributed by atoms with E-state index in [9.17, 15) is 10.4 Å². The monoisotopic (exact) mass is 438 g/mol. The van der Waals surface area contributed by atoms with Gasteiger partial charge in [0.2, 0.25) is 0 Å². The van der Waals surface area contributed by atoms with E-state index in [0.29, 0.717) is 34.1 Å². The summed E-state index contributed by atoms with van der Waals surface area (Å²) in [6, 6.07) is 15.0. The lowest BCUT2D eigenvalue weighted by molar-refractivity contribution is 0.375. The van der Waals surface area contributed by atoms with E-state index in [2.05, 4.69) is 26.5 Å². The Labute approximate surface area is 191 Å². The molecule has 0 amide bonds. The van der Waals surface area contributed by atoms with Gasteiger partial charge in [0.05, 0.1) is 29.3 Å². The summed E-state index contributed by atoms with van der Waals surface area (Å²) in [5, 5.41) is 27.5. The lowest BCUT2D eigenvalue weighted by atomic mass is 9.77. The molecule has 0 radical (unpaired) electrons. The van der Waals surface area contributed by atoms with E-state index in [4.69, 9.17) is 9.51 Å². The van der Waals surface area contributed by atoms with Crippen molar-refractivity contribution in [2.75, 3.05) is 13.1 Å². The number of benzene rings is 1. The summed E-state index contributed by atoms with van der Waals surface area (Å²) in [5.74, 6) is 0.587. The normalized spacial score (nSPS) is 15.2. The van der Waals surface area contributed by atoms with Crippen LogP contribution in [0.1, 0.15) is 24.2 Å². The molecule has 1 fully saturated rings. The summed E-state index contributed by atoms with van der Waals surface area (Å²) in [5.41, 5.74) is 4.01. The Morgan fingerprint density at radius 1 is 1.09 bits per heavy atom. The lowest BCUT2D eigenvalue weighted by Crippen LogP contribution is -2.39. The molecule has 1 aliphatic heterocycles. The fourth-order valence-corrected chi connectivity index (χ4v) is 4.16. The summed E-state index contributed by atoms with van der Waals surface area (Å²) in [6.07, 6.45) is 4.87. The largest absolute Gasteiger partial charge is 0.507 e. The Hall–Kier alpha value is -4.09. The molecule has 1 saturated heterocycles. The van der Waals surface area contributed by atoms with Crippen LogP contribution in [0.5, 0.6) is 5.75 Å². The van der Waals surface area contributed by atoms with Gasteiger partial charge in [0.25, 0.3) is 0 Å². The molecule has 33 heavy (non-hydrogen) atoms. The van der Waals surface area contributed by atoms with Crippen molar-refractivity contribution in [3.63, 3.8) is 0 Å². The van der Waals surface area contributed by atoms with Crippen molar-refractivity contribution in [1.82, 2.24) is 25.4 Å². The Morgan fingerprint density at radius 2 is 1.91 bits per heavy atom. The van der Waals surface area contributed by atoms with Crippen LogP contribution in [-0.4, -0.2) is 38.3 Å². The molecule has 8 nitrogen and oxygen atoms in total. The number of hydrogen-bond acceptors (Lipinski definition) is 8. The molecule has 2 N–H and O–H groups in total. The minimum Gasteiger partial charge on any atom is -0.507 e. The van der Waals surface area contributed by atoms with Gasteiger partial charge in [0.1, 0.15) is 22.6 Å². The predicted octanol–water partition coefficient (Wildman–Crippen LogP) is 4.02. The molecule has 164 valence electrons. The van der Waals surface area contributed by atoms with Crippen molar-refractivity contribution >= 4 is 0 Å². The van der Waals surface area contributed by atoms with Crippen LogP contribution in [0.2, 0.25) is 0 Å². The Kier molecular flexibility index (Phi) is 5.32. The fraction of sp³-hybridized carbons (Fsp3) is 0.240. The Bertz CT molecular complexity index is 1350. The zero-order valence-electron chi connectivity index (χ0n) is 18.1. The van der Waals surface area contributed by atoms with E-state index < -0.39 is 5.41 Å². The average Bonchev–Trinajstić information content (AvgIpc) is 3.35. The van der Waals surface area contributed by atoms with Crippen LogP contribution in [0, 0.1) is 18.3 Å². The van der Waals surface area contributed by atoms with Gasteiger partial charge in [-0.15, -0.1) is 0 Å². The average molecular weight is 438 g/mol. The van der Waals surface area contributed by atoms with Gasteiger partial charge in [0, 0.05) is 23.4 Å². The summed E-state index contributed by atoms with van der Waals surface area (Å²) in [6.45, 7) is 3.43. The molecule has 0 aliphatic carbocycles. The zero-order chi connectivity index (χ0) is 22.8. The quantitative estimate of drug-likeness (QED) is 0.490. The molecule has 5 rings (SSSR count). The van der Waals surface area contributed by atoms with Crippen molar-refractivity contribution < 1.29 is 9.63 Å². The van der Waals surface area contributed by atoms with Crippen LogP contribution >= 0.6 is 0 Å². The van der Waals surface area contributed by atoms with Crippen molar-refractivity contribution in [3.05, 3.63) is 66.2 Å². The van der Waals surface area contributed by atoms with E-state index in [-0.39, 0.29) is 5.75 Å². The number of aromatic nitrogens is 4. The SMILES string of the molecule is Cc1ncc(-c2ccnc(C3(C#N)CCNCC3)c2)nc1-c1cc(-c2ccccc2O)no1. The van der Waals surface area contributed by atoms with Crippen LogP contribution in [0.25, 0.3) is 34.0 Å². The molecular formula is C25H22N6O2. The van der Waals surface area contributed by atoms with Gasteiger partial charge in [-0.3, -0.25) is 9.97 Å². The fourth-order valence-electron chi connectivity index (χ4n) is 4.16. The van der Waals surface area contributed by atoms with Gasteiger partial charge in [-0.1, -0.05) is 17.3 Å². The standard InChI is InChI=1S/C25H22N6O2/c1-16-24(22-13-19(31-33-22)18-4-2-3-5-21(18)32)30-20(14-29-16)17-6-9-28-23(12-17)25(15-26)7-10-27-11-8-25/h2-6,9,12-14,27,32H,7-8,10-11H2,1H3. The number of para-hydroxylation sites is 1. The number of phenolic OH excluding ortho intramolecular Hbond substituents is 1. The molecule has 1 aromatic carbocycles. The first-order valence-electron chi connectivity index (χ1n) is 10.8. The Morgan fingerprint density at radius 3 is 2.70 bits per heavy atom. The van der Waals surface area contributed by atoms with E-state index in [1.807, 2.05) is 25.1 Å². The topological polar surface area (TPSA) is 121 Å². The summed E-state index contributed by atoms with van der Waals surface area (Å²) >= 11 is 0. The molecular weight excluding hydrogens is 416 g/mol. The summed E-state index contributed by atoms with van der Waals surface area (Å²) in [7, 11) is 0. The number of phenols is 1. The maximum atomic E-state index is 10.1. The van der Waals surface area contributed by atoms with E-state index in [1.165, 1.54) is 0 Å². The first kappa shape index (κ1) is 20.8. The highest BCUT2D eigenvalue weighted by Gasteiger charge is 2.35. The lowest BCUT2D eigenvalue weighted by Gasteiger charge is -2.30. The number of aromatic hydroxyl groups is 1. The Balaban J connectivity index is 1.52. The molecule has 0 spiro atoms. The molecule has 0 saturated carbocycles. The molecule has 3 aromatic heterocycles. The highest BCUT2D eigenvalue weighted by atomic mass is 16.5. The van der Waals surface area contributed by atoms with E-state index in [1.54, 1.807) is 36.7 Å². The molecule has 1 aliphatic rings. The van der Waals surface area contributed by atoms with Gasteiger partial charge < -0.3 is 14.9 Å². The van der Waals surface area contributed by atoms with Crippen LogP contribution in [0.4, 0.5) is 0 Å². The summed E-state index contributed by atoms with van der Waals surface area (Å²) in [4.78, 5) is 13.8. The van der Waals surface area contributed by atoms with E-state index >= 15 is 0 Å². The highest BCUT2D eigenvalue weighted by molar-refractivity contribution is 5.71. The number of pyridine rings is 1. The number of piperidine rings is 1. The third-order valence-corrected chi connectivity index (χ3v) is 6.10. The third kappa shape index (κ3) is 3.83. The van der Waals surface area contributed by atoms with Gasteiger partial charge >= 0.3 is 0 Å².